The first kappa shape index (κ1) is 18.2. The SMILES string of the molecule is C#CCOC(CCNS(=O)(=O)c1ccc(C)cc1)c1ccccc1. The third kappa shape index (κ3) is 5.20. The van der Waals surface area contributed by atoms with E-state index in [1.807, 2.05) is 37.3 Å². The maximum Gasteiger partial charge on any atom is 0.240 e. The molecular weight excluding hydrogens is 322 g/mol. The van der Waals surface area contributed by atoms with Crippen molar-refractivity contribution < 1.29 is 13.2 Å². The third-order valence-electron chi connectivity index (χ3n) is 3.57. The van der Waals surface area contributed by atoms with Crippen LogP contribution in [0.5, 0.6) is 0 Å². The van der Waals surface area contributed by atoms with Crippen molar-refractivity contribution in [2.75, 3.05) is 13.2 Å². The minimum absolute atomic E-state index is 0.185. The molecule has 1 N–H and O–H groups in total. The number of hydrogen-bond donors (Lipinski definition) is 1. The lowest BCUT2D eigenvalue weighted by Crippen LogP contribution is -2.26. The van der Waals surface area contributed by atoms with Crippen molar-refractivity contribution in [1.82, 2.24) is 4.72 Å². The Bertz CT molecular complexity index is 778. The van der Waals surface area contributed by atoms with Crippen LogP contribution in [0.1, 0.15) is 23.7 Å². The smallest absolute Gasteiger partial charge is 0.240 e. The summed E-state index contributed by atoms with van der Waals surface area (Å²) in [7, 11) is -3.52. The molecule has 4 nitrogen and oxygen atoms in total. The van der Waals surface area contributed by atoms with E-state index < -0.39 is 10.0 Å². The highest BCUT2D eigenvalue weighted by Gasteiger charge is 2.16. The van der Waals surface area contributed by atoms with Crippen LogP contribution in [0.3, 0.4) is 0 Å². The summed E-state index contributed by atoms with van der Waals surface area (Å²) in [5.41, 5.74) is 1.99. The Morgan fingerprint density at radius 1 is 1.12 bits per heavy atom. The van der Waals surface area contributed by atoms with E-state index in [1.165, 1.54) is 0 Å². The summed E-state index contributed by atoms with van der Waals surface area (Å²) in [6.07, 6.45) is 5.50. The number of benzene rings is 2. The number of sulfonamides is 1. The standard InChI is InChI=1S/C19H21NO3S/c1-3-15-23-19(17-7-5-4-6-8-17)13-14-20-24(21,22)18-11-9-16(2)10-12-18/h1,4-12,19-20H,13-15H2,2H3. The van der Waals surface area contributed by atoms with E-state index in [9.17, 15) is 8.42 Å². The van der Waals surface area contributed by atoms with Crippen LogP contribution in [0.25, 0.3) is 0 Å². The Kier molecular flexibility index (Phi) is 6.56. The molecule has 0 saturated heterocycles. The molecule has 0 heterocycles. The van der Waals surface area contributed by atoms with E-state index in [4.69, 9.17) is 11.2 Å². The lowest BCUT2D eigenvalue weighted by molar-refractivity contribution is 0.0723. The Morgan fingerprint density at radius 3 is 2.42 bits per heavy atom. The highest BCUT2D eigenvalue weighted by molar-refractivity contribution is 7.89. The van der Waals surface area contributed by atoms with Gasteiger partial charge in [-0.1, -0.05) is 53.9 Å². The summed E-state index contributed by atoms with van der Waals surface area (Å²) < 4.78 is 32.8. The second kappa shape index (κ2) is 8.65. The first-order chi connectivity index (χ1) is 11.5. The second-order valence-corrected chi connectivity index (χ2v) is 7.18. The number of aryl methyl sites for hydroxylation is 1. The monoisotopic (exact) mass is 343 g/mol. The fourth-order valence-electron chi connectivity index (χ4n) is 2.29. The highest BCUT2D eigenvalue weighted by Crippen LogP contribution is 2.20. The molecule has 5 heteroatoms. The summed E-state index contributed by atoms with van der Waals surface area (Å²) in [5, 5.41) is 0. The molecule has 2 aromatic rings. The zero-order valence-electron chi connectivity index (χ0n) is 13.6. The van der Waals surface area contributed by atoms with E-state index >= 15 is 0 Å². The molecule has 2 rings (SSSR count). The van der Waals surface area contributed by atoms with E-state index in [0.717, 1.165) is 11.1 Å². The molecule has 2 aromatic carbocycles. The number of hydrogen-bond acceptors (Lipinski definition) is 3. The molecular formula is C19H21NO3S. The molecule has 0 radical (unpaired) electrons. The molecule has 0 aliphatic rings. The van der Waals surface area contributed by atoms with Crippen molar-refractivity contribution in [1.29, 1.82) is 0 Å². The fourth-order valence-corrected chi connectivity index (χ4v) is 3.34. The van der Waals surface area contributed by atoms with Crippen LogP contribution in [0.2, 0.25) is 0 Å². The van der Waals surface area contributed by atoms with Crippen LogP contribution in [-0.2, 0) is 14.8 Å². The summed E-state index contributed by atoms with van der Waals surface area (Å²) in [4.78, 5) is 0.258. The maximum atomic E-state index is 12.3. The molecule has 0 aliphatic heterocycles. The maximum absolute atomic E-state index is 12.3. The molecule has 1 atom stereocenters. The van der Waals surface area contributed by atoms with Gasteiger partial charge in [0, 0.05) is 6.54 Å². The van der Waals surface area contributed by atoms with Gasteiger partial charge in [0.15, 0.2) is 0 Å². The number of nitrogens with one attached hydrogen (secondary N) is 1. The minimum Gasteiger partial charge on any atom is -0.361 e. The third-order valence-corrected chi connectivity index (χ3v) is 5.05. The molecule has 0 fully saturated rings. The van der Waals surface area contributed by atoms with Crippen LogP contribution in [0.4, 0.5) is 0 Å². The van der Waals surface area contributed by atoms with E-state index in [2.05, 4.69) is 10.6 Å². The van der Waals surface area contributed by atoms with Crippen molar-refractivity contribution in [2.45, 2.75) is 24.3 Å². The highest BCUT2D eigenvalue weighted by atomic mass is 32.2. The van der Waals surface area contributed by atoms with E-state index in [1.54, 1.807) is 24.3 Å². The van der Waals surface area contributed by atoms with E-state index in [0.29, 0.717) is 6.42 Å². The van der Waals surface area contributed by atoms with Crippen molar-refractivity contribution in [3.63, 3.8) is 0 Å². The predicted octanol–water partition coefficient (Wildman–Crippen LogP) is 3.05. The molecule has 1 unspecified atom stereocenters. The van der Waals surface area contributed by atoms with Crippen LogP contribution in [0.15, 0.2) is 59.5 Å². The van der Waals surface area contributed by atoms with Gasteiger partial charge < -0.3 is 4.74 Å². The predicted molar refractivity (Wildman–Crippen MR) is 95.0 cm³/mol. The molecule has 0 spiro atoms. The quantitative estimate of drug-likeness (QED) is 0.750. The topological polar surface area (TPSA) is 55.4 Å². The van der Waals surface area contributed by atoms with Gasteiger partial charge in [0.1, 0.15) is 6.61 Å². The number of rotatable bonds is 8. The van der Waals surface area contributed by atoms with Gasteiger partial charge in [0.25, 0.3) is 0 Å². The van der Waals surface area contributed by atoms with Gasteiger partial charge in [0.05, 0.1) is 11.0 Å². The van der Waals surface area contributed by atoms with Crippen molar-refractivity contribution in [3.05, 3.63) is 65.7 Å². The summed E-state index contributed by atoms with van der Waals surface area (Å²) >= 11 is 0. The zero-order valence-corrected chi connectivity index (χ0v) is 14.4. The Labute approximate surface area is 143 Å². The van der Waals surface area contributed by atoms with Crippen LogP contribution >= 0.6 is 0 Å². The minimum atomic E-state index is -3.52. The van der Waals surface area contributed by atoms with Crippen molar-refractivity contribution in [2.24, 2.45) is 0 Å². The largest absolute Gasteiger partial charge is 0.361 e. The van der Waals surface area contributed by atoms with Crippen LogP contribution in [-0.4, -0.2) is 21.6 Å². The van der Waals surface area contributed by atoms with Gasteiger partial charge in [-0.15, -0.1) is 6.42 Å². The average Bonchev–Trinajstić information content (AvgIpc) is 2.59. The van der Waals surface area contributed by atoms with Crippen LogP contribution in [0, 0.1) is 19.3 Å². The summed E-state index contributed by atoms with van der Waals surface area (Å²) in [5.74, 6) is 2.44. The van der Waals surface area contributed by atoms with Crippen molar-refractivity contribution in [3.8, 4) is 12.3 Å². The van der Waals surface area contributed by atoms with Crippen molar-refractivity contribution >= 4 is 10.0 Å². The van der Waals surface area contributed by atoms with Gasteiger partial charge in [-0.3, -0.25) is 0 Å². The number of terminal acetylenes is 1. The van der Waals surface area contributed by atoms with Gasteiger partial charge in [-0.2, -0.15) is 0 Å². The molecule has 0 bridgehead atoms. The zero-order chi connectivity index (χ0) is 17.4. The molecule has 0 saturated carbocycles. The van der Waals surface area contributed by atoms with Gasteiger partial charge in [-0.25, -0.2) is 13.1 Å². The summed E-state index contributed by atoms with van der Waals surface area (Å²) in [6.45, 7) is 2.36. The lowest BCUT2D eigenvalue weighted by Gasteiger charge is -2.17. The Morgan fingerprint density at radius 2 is 1.79 bits per heavy atom. The van der Waals surface area contributed by atoms with Gasteiger partial charge in [0.2, 0.25) is 10.0 Å². The fraction of sp³-hybridized carbons (Fsp3) is 0.263. The normalized spacial score (nSPS) is 12.5. The average molecular weight is 343 g/mol. The molecule has 0 aromatic heterocycles. The summed E-state index contributed by atoms with van der Waals surface area (Å²) in [6, 6.07) is 16.4. The number of ether oxygens (including phenoxy) is 1. The Balaban J connectivity index is 1.99. The molecule has 24 heavy (non-hydrogen) atoms. The molecule has 0 amide bonds. The lowest BCUT2D eigenvalue weighted by atomic mass is 10.1. The second-order valence-electron chi connectivity index (χ2n) is 5.41. The van der Waals surface area contributed by atoms with Crippen LogP contribution < -0.4 is 4.72 Å². The molecule has 126 valence electrons. The first-order valence-electron chi connectivity index (χ1n) is 7.69. The Hall–Kier alpha value is -2.13. The van der Waals surface area contributed by atoms with Gasteiger partial charge >= 0.3 is 0 Å². The molecule has 0 aliphatic carbocycles. The first-order valence-corrected chi connectivity index (χ1v) is 9.17. The van der Waals surface area contributed by atoms with Gasteiger partial charge in [-0.05, 0) is 31.0 Å². The van der Waals surface area contributed by atoms with E-state index in [-0.39, 0.29) is 24.2 Å².